The third-order valence-corrected chi connectivity index (χ3v) is 10.6. The largest absolute Gasteiger partial charge is 0.508 e. The van der Waals surface area contributed by atoms with Gasteiger partial charge in [-0.15, -0.1) is 0 Å². The molecule has 15 nitrogen and oxygen atoms in total. The van der Waals surface area contributed by atoms with Crippen molar-refractivity contribution in [2.75, 3.05) is 20.7 Å². The fraction of sp³-hybridized carbons (Fsp3) is 0.523. The molecule has 2 aliphatic rings. The van der Waals surface area contributed by atoms with Crippen LogP contribution >= 0.6 is 0 Å². The normalized spacial score (nSPS) is 28.2. The molecule has 2 heterocycles. The van der Waals surface area contributed by atoms with Crippen molar-refractivity contribution < 1.29 is 48.9 Å². The highest BCUT2D eigenvalue weighted by Crippen LogP contribution is 2.24. The number of benzene rings is 1. The molecule has 2 bridgehead atoms. The van der Waals surface area contributed by atoms with Gasteiger partial charge in [-0.2, -0.15) is 0 Å². The molecule has 15 heteroatoms. The average molecular weight is 822 g/mol. The third kappa shape index (κ3) is 14.9. The van der Waals surface area contributed by atoms with Crippen LogP contribution in [0.25, 0.3) is 0 Å². The van der Waals surface area contributed by atoms with Gasteiger partial charge < -0.3 is 35.5 Å². The summed E-state index contributed by atoms with van der Waals surface area (Å²) >= 11 is 0. The predicted octanol–water partition coefficient (Wildman–Crippen LogP) is 3.34. The quantitative estimate of drug-likeness (QED) is 0.108. The molecule has 1 aromatic rings. The number of allylic oxidation sites excluding steroid dienone is 5. The van der Waals surface area contributed by atoms with E-state index in [1.54, 1.807) is 76.4 Å². The van der Waals surface area contributed by atoms with Crippen LogP contribution in [-0.2, 0) is 40.0 Å². The number of esters is 1. The molecule has 0 saturated carbocycles. The number of hydrogen-bond acceptors (Lipinski definition) is 12. The number of Topliss-reactive ketones (excluding diaryl/α,β-unsaturated/α-hetero) is 1. The topological polar surface area (TPSA) is 207 Å². The Morgan fingerprint density at radius 2 is 1.85 bits per heavy atom. The number of carbonyl (C=O) groups excluding carboxylic acids is 5. The van der Waals surface area contributed by atoms with Crippen molar-refractivity contribution in [3.8, 4) is 5.75 Å². The number of nitrogens with one attached hydrogen (secondary N) is 3. The van der Waals surface area contributed by atoms with Gasteiger partial charge in [-0.1, -0.05) is 75.9 Å². The molecule has 0 aromatic heterocycles. The van der Waals surface area contributed by atoms with E-state index in [0.29, 0.717) is 29.7 Å². The maximum atomic E-state index is 14.3. The standard InChI is InChI=1S/C44H63N5O10/c1-27(2)39-42(55)45-36(26-32-17-13-18-33(51)25-32)43(56)49-24-14-19-35(47-49)44(57)59-38(28(3)15-12-16-29(4)48(7)58-8)21-11-9-10-20-37(52)31(6)40(53)34(41(54)46-39)23-22-30(5)50/h9-13,15-18,20,25,27,31,34-40,47,51-53H,4,14,19,21-24,26H2,1-3,5-8H3,(H,45,55)(H,46,54)/b11-9+,16-12+,20-10+,28-15+/t31-,34+,35?,36-,37-,38-,39-,40+/m0/s1. The summed E-state index contributed by atoms with van der Waals surface area (Å²) in [6.45, 7) is 12.4. The van der Waals surface area contributed by atoms with Crippen LogP contribution in [0.4, 0.5) is 0 Å². The number of aliphatic hydroxyl groups excluding tert-OH is 2. The number of hydrazine groups is 1. The zero-order valence-corrected chi connectivity index (χ0v) is 35.3. The number of likely N-dealkylation sites (N-methyl/N-ethyl adjacent to an activating group) is 1. The lowest BCUT2D eigenvalue weighted by atomic mass is 9.84. The first-order valence-corrected chi connectivity index (χ1v) is 20.1. The van der Waals surface area contributed by atoms with E-state index in [1.807, 2.05) is 6.92 Å². The van der Waals surface area contributed by atoms with Crippen LogP contribution in [0.2, 0.25) is 0 Å². The number of fused-ring (bicyclic) bond motifs is 2. The Labute approximate surface area is 347 Å². The molecule has 3 amide bonds. The molecule has 324 valence electrons. The first kappa shape index (κ1) is 48.3. The van der Waals surface area contributed by atoms with Gasteiger partial charge in [-0.05, 0) is 68.4 Å². The number of ketones is 1. The molecule has 0 radical (unpaired) electrons. The highest BCUT2D eigenvalue weighted by atomic mass is 16.7. The number of cyclic esters (lactones) is 1. The highest BCUT2D eigenvalue weighted by Gasteiger charge is 2.38. The van der Waals surface area contributed by atoms with Crippen LogP contribution in [0.15, 0.2) is 84.6 Å². The van der Waals surface area contributed by atoms with E-state index < -0.39 is 77.9 Å². The number of rotatable bonds is 11. The van der Waals surface area contributed by atoms with Gasteiger partial charge >= 0.3 is 5.97 Å². The molecular formula is C44H63N5O10. The summed E-state index contributed by atoms with van der Waals surface area (Å²) in [6, 6.07) is 3.00. The molecule has 8 atom stereocenters. The van der Waals surface area contributed by atoms with Crippen LogP contribution in [0.5, 0.6) is 5.75 Å². The van der Waals surface area contributed by atoms with E-state index in [9.17, 15) is 39.3 Å². The summed E-state index contributed by atoms with van der Waals surface area (Å²) in [5.41, 5.74) is 4.84. The number of aliphatic hydroxyl groups is 2. The van der Waals surface area contributed by atoms with E-state index in [0.717, 1.165) is 0 Å². The van der Waals surface area contributed by atoms with Gasteiger partial charge in [-0.3, -0.25) is 34.1 Å². The summed E-state index contributed by atoms with van der Waals surface area (Å²) in [6.07, 6.45) is 9.41. The average Bonchev–Trinajstić information content (AvgIpc) is 3.20. The van der Waals surface area contributed by atoms with Crippen molar-refractivity contribution in [3.05, 3.63) is 90.2 Å². The number of nitrogens with zero attached hydrogens (tertiary/aromatic N) is 2. The zero-order valence-electron chi connectivity index (χ0n) is 35.3. The number of hydroxylamine groups is 2. The molecule has 3 rings (SSSR count). The SMILES string of the molecule is C=C(/C=C/C=C(\C)[C@@H]1C/C=C/C=C/[C@H](O)[C@H](C)[C@@H](O)[C@@H](CCC(C)=O)C(=O)N[C@@H](C(C)C)C(=O)N[C@@H](Cc2cccc(O)c2)C(=O)N2CCCC(N2)C(=O)O1)N(C)OC. The van der Waals surface area contributed by atoms with Crippen molar-refractivity contribution in [3.63, 3.8) is 0 Å². The van der Waals surface area contributed by atoms with E-state index in [1.165, 1.54) is 42.3 Å². The number of phenols is 1. The predicted molar refractivity (Wildman–Crippen MR) is 223 cm³/mol. The Morgan fingerprint density at radius 3 is 2.51 bits per heavy atom. The van der Waals surface area contributed by atoms with E-state index in [-0.39, 0.29) is 43.8 Å². The van der Waals surface area contributed by atoms with E-state index in [2.05, 4.69) is 22.6 Å². The van der Waals surface area contributed by atoms with Gasteiger partial charge in [0.2, 0.25) is 11.8 Å². The summed E-state index contributed by atoms with van der Waals surface area (Å²) < 4.78 is 6.06. The van der Waals surface area contributed by atoms with Crippen molar-refractivity contribution in [2.45, 2.75) is 110 Å². The fourth-order valence-electron chi connectivity index (χ4n) is 6.69. The number of amides is 3. The first-order chi connectivity index (χ1) is 27.9. The van der Waals surface area contributed by atoms with Crippen LogP contribution in [0.3, 0.4) is 0 Å². The molecule has 0 spiro atoms. The molecule has 6 N–H and O–H groups in total. The summed E-state index contributed by atoms with van der Waals surface area (Å²) in [5, 5.41) is 41.1. The fourth-order valence-corrected chi connectivity index (χ4v) is 6.69. The van der Waals surface area contributed by atoms with Gasteiger partial charge in [0.05, 0.1) is 30.9 Å². The first-order valence-electron chi connectivity index (χ1n) is 20.1. The Bertz CT molecular complexity index is 1760. The monoisotopic (exact) mass is 821 g/mol. The molecule has 59 heavy (non-hydrogen) atoms. The Balaban J connectivity index is 2.08. The minimum absolute atomic E-state index is 0.0201. The molecule has 1 aromatic carbocycles. The van der Waals surface area contributed by atoms with Crippen LogP contribution in [0.1, 0.15) is 72.3 Å². The van der Waals surface area contributed by atoms with Crippen LogP contribution in [0, 0.1) is 17.8 Å². The smallest absolute Gasteiger partial charge is 0.325 e. The van der Waals surface area contributed by atoms with Gasteiger partial charge in [0.1, 0.15) is 35.8 Å². The minimum Gasteiger partial charge on any atom is -0.508 e. The second-order valence-electron chi connectivity index (χ2n) is 15.6. The van der Waals surface area contributed by atoms with Gasteiger partial charge in [0, 0.05) is 38.8 Å². The Morgan fingerprint density at radius 1 is 1.12 bits per heavy atom. The molecular weight excluding hydrogens is 759 g/mol. The second kappa shape index (κ2) is 23.5. The second-order valence-corrected chi connectivity index (χ2v) is 15.6. The van der Waals surface area contributed by atoms with Crippen molar-refractivity contribution >= 4 is 29.5 Å². The van der Waals surface area contributed by atoms with Crippen LogP contribution in [-0.4, -0.2) is 112 Å². The van der Waals surface area contributed by atoms with Crippen molar-refractivity contribution in [1.82, 2.24) is 26.1 Å². The lowest BCUT2D eigenvalue weighted by Gasteiger charge is -2.36. The lowest BCUT2D eigenvalue weighted by Crippen LogP contribution is -2.62. The minimum atomic E-state index is -1.41. The number of phenolic OH excluding ortho intramolecular Hbond substituents is 1. The van der Waals surface area contributed by atoms with Crippen molar-refractivity contribution in [2.24, 2.45) is 17.8 Å². The Kier molecular flexibility index (Phi) is 19.2. The lowest BCUT2D eigenvalue weighted by molar-refractivity contribution is -0.156. The van der Waals surface area contributed by atoms with Gasteiger partial charge in [-0.25, -0.2) is 5.43 Å². The number of aromatic hydroxyl groups is 1. The number of ether oxygens (including phenoxy) is 1. The van der Waals surface area contributed by atoms with E-state index >= 15 is 0 Å². The molecule has 1 fully saturated rings. The molecule has 1 saturated heterocycles. The highest BCUT2D eigenvalue weighted by molar-refractivity contribution is 5.93. The molecule has 2 aliphatic heterocycles. The van der Waals surface area contributed by atoms with Crippen molar-refractivity contribution in [1.29, 1.82) is 0 Å². The Hall–Kier alpha value is -5.09. The zero-order chi connectivity index (χ0) is 43.8. The summed E-state index contributed by atoms with van der Waals surface area (Å²) in [7, 11) is 3.22. The third-order valence-electron chi connectivity index (χ3n) is 10.6. The number of hydrogen-bond donors (Lipinski definition) is 6. The summed E-state index contributed by atoms with van der Waals surface area (Å²) in [5.74, 6) is -5.26. The molecule has 0 aliphatic carbocycles. The van der Waals surface area contributed by atoms with Crippen LogP contribution < -0.4 is 16.1 Å². The molecule has 1 unspecified atom stereocenters. The number of carbonyl (C=O) groups is 5. The van der Waals surface area contributed by atoms with E-state index in [4.69, 9.17) is 9.57 Å². The van der Waals surface area contributed by atoms with Gasteiger partial charge in [0.25, 0.3) is 5.91 Å². The maximum absolute atomic E-state index is 14.3. The maximum Gasteiger partial charge on any atom is 0.325 e. The van der Waals surface area contributed by atoms with Gasteiger partial charge in [0.15, 0.2) is 0 Å². The summed E-state index contributed by atoms with van der Waals surface area (Å²) in [4.78, 5) is 73.3.